The first-order valence-corrected chi connectivity index (χ1v) is 12.5. The SMILES string of the molecule is N[C@H]1C[C@@H](n2c(NC(=O)c3ccc(C(F)F)s3)nc3cc(NC(=O)C4CCCCC4)ccc32)C1. The lowest BCUT2D eigenvalue weighted by atomic mass is 9.87. The molecule has 0 atom stereocenters. The molecule has 2 amide bonds. The van der Waals surface area contributed by atoms with Gasteiger partial charge in [-0.15, -0.1) is 11.3 Å². The van der Waals surface area contributed by atoms with Gasteiger partial charge in [-0.25, -0.2) is 13.8 Å². The van der Waals surface area contributed by atoms with Gasteiger partial charge in [0.1, 0.15) is 0 Å². The van der Waals surface area contributed by atoms with Crippen LogP contribution in [0.25, 0.3) is 11.0 Å². The van der Waals surface area contributed by atoms with E-state index in [1.807, 2.05) is 16.7 Å². The summed E-state index contributed by atoms with van der Waals surface area (Å²) in [4.78, 5) is 30.1. The summed E-state index contributed by atoms with van der Waals surface area (Å²) in [6.45, 7) is 0. The smallest absolute Gasteiger partial charge is 0.272 e. The number of carbonyl (C=O) groups is 2. The van der Waals surface area contributed by atoms with Crippen molar-refractivity contribution in [3.05, 3.63) is 40.1 Å². The first kappa shape index (κ1) is 22.9. The number of alkyl halides is 2. The van der Waals surface area contributed by atoms with Gasteiger partial charge in [-0.1, -0.05) is 19.3 Å². The number of halogens is 2. The Morgan fingerprint density at radius 1 is 1.09 bits per heavy atom. The van der Waals surface area contributed by atoms with Gasteiger partial charge >= 0.3 is 0 Å². The number of fused-ring (bicyclic) bond motifs is 1. The molecule has 7 nitrogen and oxygen atoms in total. The number of hydrogen-bond donors (Lipinski definition) is 3. The van der Waals surface area contributed by atoms with Crippen molar-refractivity contribution in [3.8, 4) is 0 Å². The molecule has 10 heteroatoms. The van der Waals surface area contributed by atoms with E-state index in [2.05, 4.69) is 15.6 Å². The van der Waals surface area contributed by atoms with Crippen LogP contribution >= 0.6 is 11.3 Å². The van der Waals surface area contributed by atoms with Gasteiger partial charge in [-0.2, -0.15) is 0 Å². The fourth-order valence-corrected chi connectivity index (χ4v) is 5.60. The van der Waals surface area contributed by atoms with Crippen molar-refractivity contribution < 1.29 is 18.4 Å². The number of imidazole rings is 1. The monoisotopic (exact) mass is 487 g/mol. The van der Waals surface area contributed by atoms with Gasteiger partial charge in [0, 0.05) is 23.7 Å². The average molecular weight is 488 g/mol. The summed E-state index contributed by atoms with van der Waals surface area (Å²) in [5, 5.41) is 5.81. The maximum atomic E-state index is 12.9. The van der Waals surface area contributed by atoms with E-state index >= 15 is 0 Å². The van der Waals surface area contributed by atoms with Gasteiger partial charge in [0.25, 0.3) is 12.3 Å². The van der Waals surface area contributed by atoms with Crippen molar-refractivity contribution >= 4 is 45.8 Å². The number of anilines is 2. The first-order valence-electron chi connectivity index (χ1n) is 11.7. The third-order valence-corrected chi connectivity index (χ3v) is 7.83. The molecule has 2 heterocycles. The minimum atomic E-state index is -2.62. The number of carbonyl (C=O) groups excluding carboxylic acids is 2. The number of thiophene rings is 1. The molecule has 34 heavy (non-hydrogen) atoms. The summed E-state index contributed by atoms with van der Waals surface area (Å²) in [5.74, 6) is -0.0655. The van der Waals surface area contributed by atoms with Gasteiger partial charge in [-0.3, -0.25) is 14.9 Å². The fourth-order valence-electron chi connectivity index (χ4n) is 4.84. The van der Waals surface area contributed by atoms with E-state index in [1.165, 1.54) is 18.6 Å². The molecular weight excluding hydrogens is 460 g/mol. The molecule has 4 N–H and O–H groups in total. The predicted molar refractivity (Wildman–Crippen MR) is 128 cm³/mol. The highest BCUT2D eigenvalue weighted by molar-refractivity contribution is 7.14. The van der Waals surface area contributed by atoms with Crippen molar-refractivity contribution in [2.45, 2.75) is 63.5 Å². The van der Waals surface area contributed by atoms with E-state index in [4.69, 9.17) is 5.73 Å². The van der Waals surface area contributed by atoms with E-state index in [0.29, 0.717) is 17.2 Å². The normalized spacial score (nSPS) is 20.9. The number of nitrogens with two attached hydrogens (primary N) is 1. The number of benzene rings is 1. The molecule has 3 aromatic rings. The minimum Gasteiger partial charge on any atom is -0.328 e. The lowest BCUT2D eigenvalue weighted by Gasteiger charge is -2.34. The van der Waals surface area contributed by atoms with E-state index in [0.717, 1.165) is 55.4 Å². The van der Waals surface area contributed by atoms with Gasteiger partial charge in [0.05, 0.1) is 20.8 Å². The zero-order chi connectivity index (χ0) is 23.8. The zero-order valence-corrected chi connectivity index (χ0v) is 19.4. The Hall–Kier alpha value is -2.85. The highest BCUT2D eigenvalue weighted by Gasteiger charge is 2.31. The van der Waals surface area contributed by atoms with E-state index < -0.39 is 12.3 Å². The molecule has 0 radical (unpaired) electrons. The van der Waals surface area contributed by atoms with Crippen LogP contribution in [-0.4, -0.2) is 27.4 Å². The van der Waals surface area contributed by atoms with Crippen LogP contribution < -0.4 is 16.4 Å². The lowest BCUT2D eigenvalue weighted by molar-refractivity contribution is -0.120. The Labute approximate surface area is 199 Å². The Morgan fingerprint density at radius 3 is 2.53 bits per heavy atom. The number of nitrogens with zero attached hydrogens (tertiary/aromatic N) is 2. The van der Waals surface area contributed by atoms with Crippen LogP contribution in [0.4, 0.5) is 20.4 Å². The molecule has 2 aromatic heterocycles. The van der Waals surface area contributed by atoms with Crippen LogP contribution in [0.5, 0.6) is 0 Å². The number of nitrogens with one attached hydrogen (secondary N) is 2. The summed E-state index contributed by atoms with van der Waals surface area (Å²) in [7, 11) is 0. The van der Waals surface area contributed by atoms with Crippen molar-refractivity contribution in [3.63, 3.8) is 0 Å². The second-order valence-corrected chi connectivity index (χ2v) is 10.3. The Morgan fingerprint density at radius 2 is 1.85 bits per heavy atom. The third-order valence-electron chi connectivity index (χ3n) is 6.74. The van der Waals surface area contributed by atoms with Crippen LogP contribution in [-0.2, 0) is 4.79 Å². The van der Waals surface area contributed by atoms with Gasteiger partial charge in [-0.05, 0) is 56.0 Å². The van der Waals surface area contributed by atoms with Crippen LogP contribution in [0, 0.1) is 5.92 Å². The molecule has 2 aliphatic carbocycles. The summed E-state index contributed by atoms with van der Waals surface area (Å²) in [6, 6.07) is 8.37. The van der Waals surface area contributed by atoms with Crippen LogP contribution in [0.1, 0.15) is 72.0 Å². The second-order valence-electron chi connectivity index (χ2n) is 9.18. The summed E-state index contributed by atoms with van der Waals surface area (Å²) < 4.78 is 27.8. The molecule has 0 spiro atoms. The van der Waals surface area contributed by atoms with Crippen LogP contribution in [0.2, 0.25) is 0 Å². The number of hydrogen-bond acceptors (Lipinski definition) is 5. The average Bonchev–Trinajstić information content (AvgIpc) is 3.42. The molecule has 0 saturated heterocycles. The standard InChI is InChI=1S/C24H27F2N5O2S/c25-21(26)19-8-9-20(34-19)23(33)30-24-29-17-12-15(28-22(32)13-4-2-1-3-5-13)6-7-18(17)31(24)16-10-14(27)11-16/h6-9,12-14,16,21H,1-5,10-11,27H2,(H,28,32)(H,29,30,33)/t14-,16+. The maximum Gasteiger partial charge on any atom is 0.272 e. The molecule has 0 aliphatic heterocycles. The van der Waals surface area contributed by atoms with Crippen molar-refractivity contribution in [1.82, 2.24) is 9.55 Å². The zero-order valence-electron chi connectivity index (χ0n) is 18.6. The summed E-state index contributed by atoms with van der Waals surface area (Å²) in [6.07, 6.45) is 4.06. The highest BCUT2D eigenvalue weighted by Crippen LogP contribution is 2.38. The Kier molecular flexibility index (Phi) is 6.35. The molecule has 0 unspecified atom stereocenters. The van der Waals surface area contributed by atoms with Crippen molar-refractivity contribution in [1.29, 1.82) is 0 Å². The molecule has 0 bridgehead atoms. The quantitative estimate of drug-likeness (QED) is 0.429. The van der Waals surface area contributed by atoms with Crippen LogP contribution in [0.15, 0.2) is 30.3 Å². The van der Waals surface area contributed by atoms with E-state index in [9.17, 15) is 18.4 Å². The fraction of sp³-hybridized carbons (Fsp3) is 0.458. The molecule has 1 aromatic carbocycles. The highest BCUT2D eigenvalue weighted by atomic mass is 32.1. The van der Waals surface area contributed by atoms with E-state index in [-0.39, 0.29) is 33.7 Å². The van der Waals surface area contributed by atoms with Gasteiger partial charge in [0.2, 0.25) is 11.9 Å². The molecular formula is C24H27F2N5O2S. The molecule has 2 saturated carbocycles. The maximum absolute atomic E-state index is 12.9. The minimum absolute atomic E-state index is 0.0319. The molecule has 5 rings (SSSR count). The summed E-state index contributed by atoms with van der Waals surface area (Å²) in [5.41, 5.74) is 8.12. The Bertz CT molecular complexity index is 1210. The summed E-state index contributed by atoms with van der Waals surface area (Å²) >= 11 is 0.766. The molecule has 2 fully saturated rings. The number of amides is 2. The third kappa shape index (κ3) is 4.56. The predicted octanol–water partition coefficient (Wildman–Crippen LogP) is 5.47. The van der Waals surface area contributed by atoms with Crippen molar-refractivity contribution in [2.75, 3.05) is 10.6 Å². The molecule has 180 valence electrons. The largest absolute Gasteiger partial charge is 0.328 e. The van der Waals surface area contributed by atoms with Crippen LogP contribution in [0.3, 0.4) is 0 Å². The number of rotatable bonds is 6. The van der Waals surface area contributed by atoms with E-state index in [1.54, 1.807) is 6.07 Å². The van der Waals surface area contributed by atoms with Crippen molar-refractivity contribution in [2.24, 2.45) is 11.7 Å². The first-order chi connectivity index (χ1) is 16.4. The number of aromatic nitrogens is 2. The van der Waals surface area contributed by atoms with Gasteiger partial charge < -0.3 is 15.6 Å². The Balaban J connectivity index is 1.41. The van der Waals surface area contributed by atoms with Gasteiger partial charge in [0.15, 0.2) is 0 Å². The second kappa shape index (κ2) is 9.42. The molecule has 2 aliphatic rings. The topological polar surface area (TPSA) is 102 Å². The lowest BCUT2D eigenvalue weighted by Crippen LogP contribution is -2.38.